The largest absolute Gasteiger partial charge is 0.496 e. The molecule has 0 atom stereocenters. The molecule has 156 valence electrons. The van der Waals surface area contributed by atoms with Crippen LogP contribution < -0.4 is 14.2 Å². The zero-order chi connectivity index (χ0) is 21.0. The molecule has 1 saturated heterocycles. The van der Waals surface area contributed by atoms with E-state index in [9.17, 15) is 9.18 Å². The summed E-state index contributed by atoms with van der Waals surface area (Å²) in [7, 11) is 4.57. The fourth-order valence-electron chi connectivity index (χ4n) is 3.44. The minimum atomic E-state index is -0.292. The Morgan fingerprint density at radius 1 is 1.00 bits per heavy atom. The highest BCUT2D eigenvalue weighted by molar-refractivity contribution is 6.32. The van der Waals surface area contributed by atoms with Gasteiger partial charge in [0, 0.05) is 43.9 Å². The molecule has 0 unspecified atom stereocenters. The van der Waals surface area contributed by atoms with Crippen molar-refractivity contribution in [3.05, 3.63) is 52.3 Å². The summed E-state index contributed by atoms with van der Waals surface area (Å²) < 4.78 is 29.4. The van der Waals surface area contributed by atoms with Crippen molar-refractivity contribution in [2.24, 2.45) is 0 Å². The zero-order valence-corrected chi connectivity index (χ0v) is 17.5. The second-order valence-corrected chi connectivity index (χ2v) is 7.13. The predicted octanol–water partition coefficient (Wildman–Crippen LogP) is 3.46. The Morgan fingerprint density at radius 2 is 1.69 bits per heavy atom. The Morgan fingerprint density at radius 3 is 2.31 bits per heavy atom. The van der Waals surface area contributed by atoms with E-state index < -0.39 is 0 Å². The fraction of sp³-hybridized carbons (Fsp3) is 0.381. The summed E-state index contributed by atoms with van der Waals surface area (Å²) in [6.45, 7) is 3.02. The van der Waals surface area contributed by atoms with Gasteiger partial charge >= 0.3 is 0 Å². The van der Waals surface area contributed by atoms with Crippen LogP contribution in [0.3, 0.4) is 0 Å². The van der Waals surface area contributed by atoms with E-state index in [-0.39, 0.29) is 11.7 Å². The van der Waals surface area contributed by atoms with E-state index in [1.54, 1.807) is 30.2 Å². The van der Waals surface area contributed by atoms with E-state index in [1.165, 1.54) is 26.4 Å². The summed E-state index contributed by atoms with van der Waals surface area (Å²) in [5.41, 5.74) is 1.24. The number of hydrogen-bond donors (Lipinski definition) is 0. The van der Waals surface area contributed by atoms with Gasteiger partial charge in [-0.3, -0.25) is 9.69 Å². The first-order chi connectivity index (χ1) is 14.0. The number of halogens is 2. The minimum absolute atomic E-state index is 0.115. The SMILES string of the molecule is COc1ccc(F)cc1CN1CCN(C(=O)c2cc(Cl)c(OC)c(OC)c2)CC1. The first-order valence-electron chi connectivity index (χ1n) is 9.22. The third kappa shape index (κ3) is 4.74. The van der Waals surface area contributed by atoms with E-state index in [2.05, 4.69) is 4.90 Å². The number of amides is 1. The van der Waals surface area contributed by atoms with Gasteiger partial charge in [-0.2, -0.15) is 0 Å². The molecule has 0 bridgehead atoms. The second kappa shape index (κ2) is 9.33. The number of hydrogen-bond acceptors (Lipinski definition) is 5. The van der Waals surface area contributed by atoms with Gasteiger partial charge in [-0.05, 0) is 30.3 Å². The molecule has 0 aliphatic carbocycles. The van der Waals surface area contributed by atoms with Crippen molar-refractivity contribution >= 4 is 17.5 Å². The van der Waals surface area contributed by atoms with Crippen molar-refractivity contribution in [3.63, 3.8) is 0 Å². The van der Waals surface area contributed by atoms with Gasteiger partial charge in [0.15, 0.2) is 11.5 Å². The van der Waals surface area contributed by atoms with E-state index in [4.69, 9.17) is 25.8 Å². The quantitative estimate of drug-likeness (QED) is 0.713. The van der Waals surface area contributed by atoms with Crippen molar-refractivity contribution < 1.29 is 23.4 Å². The molecule has 1 amide bonds. The first-order valence-corrected chi connectivity index (χ1v) is 9.60. The van der Waals surface area contributed by atoms with Crippen LogP contribution in [-0.2, 0) is 6.54 Å². The standard InChI is InChI=1S/C21H24ClFN2O4/c1-27-18-5-4-16(23)10-15(18)13-24-6-8-25(9-7-24)21(26)14-11-17(22)20(29-3)19(12-14)28-2/h4-5,10-12H,6-9,13H2,1-3H3. The molecule has 29 heavy (non-hydrogen) atoms. The highest BCUT2D eigenvalue weighted by Crippen LogP contribution is 2.36. The number of piperazine rings is 1. The van der Waals surface area contributed by atoms with Crippen LogP contribution in [-0.4, -0.2) is 63.2 Å². The fourth-order valence-corrected chi connectivity index (χ4v) is 3.73. The molecule has 0 saturated carbocycles. The topological polar surface area (TPSA) is 51.2 Å². The summed E-state index contributed by atoms with van der Waals surface area (Å²) in [6.07, 6.45) is 0. The molecule has 6 nitrogen and oxygen atoms in total. The van der Waals surface area contributed by atoms with Gasteiger partial charge in [0.1, 0.15) is 11.6 Å². The lowest BCUT2D eigenvalue weighted by Crippen LogP contribution is -2.48. The van der Waals surface area contributed by atoms with Gasteiger partial charge in [0.25, 0.3) is 5.91 Å². The molecular formula is C21H24ClFN2O4. The molecule has 1 aliphatic rings. The van der Waals surface area contributed by atoms with Crippen molar-refractivity contribution in [2.45, 2.75) is 6.54 Å². The maximum atomic E-state index is 13.6. The molecule has 0 spiro atoms. The number of methoxy groups -OCH3 is 3. The highest BCUT2D eigenvalue weighted by Gasteiger charge is 2.24. The molecule has 1 heterocycles. The minimum Gasteiger partial charge on any atom is -0.496 e. The zero-order valence-electron chi connectivity index (χ0n) is 16.7. The summed E-state index contributed by atoms with van der Waals surface area (Å²) >= 11 is 6.22. The van der Waals surface area contributed by atoms with Crippen LogP contribution in [0.15, 0.2) is 30.3 Å². The molecule has 1 fully saturated rings. The number of carbonyl (C=O) groups excluding carboxylic acids is 1. The highest BCUT2D eigenvalue weighted by atomic mass is 35.5. The average Bonchev–Trinajstić information content (AvgIpc) is 2.73. The smallest absolute Gasteiger partial charge is 0.254 e. The first kappa shape index (κ1) is 21.2. The van der Waals surface area contributed by atoms with Crippen molar-refractivity contribution in [1.29, 1.82) is 0 Å². The monoisotopic (exact) mass is 422 g/mol. The summed E-state index contributed by atoms with van der Waals surface area (Å²) in [4.78, 5) is 16.9. The van der Waals surface area contributed by atoms with Crippen LogP contribution in [0.25, 0.3) is 0 Å². The second-order valence-electron chi connectivity index (χ2n) is 6.72. The van der Waals surface area contributed by atoms with Crippen LogP contribution in [0.5, 0.6) is 17.2 Å². The number of benzene rings is 2. The molecule has 2 aromatic rings. The average molecular weight is 423 g/mol. The maximum Gasteiger partial charge on any atom is 0.254 e. The lowest BCUT2D eigenvalue weighted by atomic mass is 10.1. The Hall–Kier alpha value is -2.51. The lowest BCUT2D eigenvalue weighted by Gasteiger charge is -2.35. The van der Waals surface area contributed by atoms with Crippen molar-refractivity contribution in [3.8, 4) is 17.2 Å². The summed E-state index contributed by atoms with van der Waals surface area (Å²) in [5, 5.41) is 0.326. The third-order valence-corrected chi connectivity index (χ3v) is 5.26. The molecule has 0 N–H and O–H groups in total. The Labute approximate surface area is 174 Å². The van der Waals surface area contributed by atoms with Gasteiger partial charge in [0.2, 0.25) is 0 Å². The normalized spacial score (nSPS) is 14.6. The molecule has 0 aromatic heterocycles. The molecule has 3 rings (SSSR count). The van der Waals surface area contributed by atoms with Gasteiger partial charge in [-0.1, -0.05) is 11.6 Å². The van der Waals surface area contributed by atoms with Crippen LogP contribution in [0.1, 0.15) is 15.9 Å². The van der Waals surface area contributed by atoms with Crippen LogP contribution in [0.2, 0.25) is 5.02 Å². The van der Waals surface area contributed by atoms with Crippen LogP contribution >= 0.6 is 11.6 Å². The Balaban J connectivity index is 1.66. The summed E-state index contributed by atoms with van der Waals surface area (Å²) in [6, 6.07) is 7.73. The number of carbonyl (C=O) groups is 1. The Bertz CT molecular complexity index is 885. The number of nitrogens with zero attached hydrogens (tertiary/aromatic N) is 2. The van der Waals surface area contributed by atoms with Gasteiger partial charge in [-0.15, -0.1) is 0 Å². The van der Waals surface area contributed by atoms with Gasteiger partial charge in [-0.25, -0.2) is 4.39 Å². The molecule has 8 heteroatoms. The van der Waals surface area contributed by atoms with E-state index in [1.807, 2.05) is 0 Å². The third-order valence-electron chi connectivity index (χ3n) is 4.98. The number of rotatable bonds is 6. The van der Waals surface area contributed by atoms with Crippen molar-refractivity contribution in [1.82, 2.24) is 9.80 Å². The predicted molar refractivity (Wildman–Crippen MR) is 109 cm³/mol. The molecular weight excluding hydrogens is 399 g/mol. The van der Waals surface area contributed by atoms with E-state index in [0.717, 1.165) is 5.56 Å². The molecule has 0 radical (unpaired) electrons. The van der Waals surface area contributed by atoms with E-state index >= 15 is 0 Å². The Kier molecular flexibility index (Phi) is 6.82. The molecule has 2 aromatic carbocycles. The van der Waals surface area contributed by atoms with Crippen molar-refractivity contribution in [2.75, 3.05) is 47.5 Å². The maximum absolute atomic E-state index is 13.6. The van der Waals surface area contributed by atoms with E-state index in [0.29, 0.717) is 60.6 Å². The van der Waals surface area contributed by atoms with Crippen LogP contribution in [0, 0.1) is 5.82 Å². The van der Waals surface area contributed by atoms with Gasteiger partial charge in [0.05, 0.1) is 26.4 Å². The molecule has 1 aliphatic heterocycles. The lowest BCUT2D eigenvalue weighted by molar-refractivity contribution is 0.0627. The van der Waals surface area contributed by atoms with Gasteiger partial charge < -0.3 is 19.1 Å². The number of ether oxygens (including phenoxy) is 3. The summed E-state index contributed by atoms with van der Waals surface area (Å²) in [5.74, 6) is 1.07. The van der Waals surface area contributed by atoms with Crippen LogP contribution in [0.4, 0.5) is 4.39 Å².